The lowest BCUT2D eigenvalue weighted by Crippen LogP contribution is -2.42. The Morgan fingerprint density at radius 3 is 2.39 bits per heavy atom. The van der Waals surface area contributed by atoms with Crippen molar-refractivity contribution in [3.63, 3.8) is 0 Å². The van der Waals surface area contributed by atoms with Crippen molar-refractivity contribution in [1.82, 2.24) is 0 Å². The average molecular weight is 249 g/mol. The molecular formula is C15H23NO2. The first-order chi connectivity index (χ1) is 8.59. The van der Waals surface area contributed by atoms with Gasteiger partial charge in [0.05, 0.1) is 5.60 Å². The Morgan fingerprint density at radius 1 is 1.22 bits per heavy atom. The molecule has 18 heavy (non-hydrogen) atoms. The topological polar surface area (TPSA) is 41.5 Å². The molecule has 3 heteroatoms. The highest BCUT2D eigenvalue weighted by atomic mass is 16.5. The highest BCUT2D eigenvalue weighted by Gasteiger charge is 2.29. The molecule has 1 fully saturated rings. The summed E-state index contributed by atoms with van der Waals surface area (Å²) in [6.07, 6.45) is 1.42. The van der Waals surface area contributed by atoms with E-state index in [4.69, 9.17) is 4.74 Å². The zero-order chi connectivity index (χ0) is 13.0. The lowest BCUT2D eigenvalue weighted by atomic mass is 9.94. The third-order valence-corrected chi connectivity index (χ3v) is 3.62. The maximum absolute atomic E-state index is 10.3. The highest BCUT2D eigenvalue weighted by molar-refractivity contribution is 5.45. The smallest absolute Gasteiger partial charge is 0.0863 e. The molecule has 1 saturated heterocycles. The molecule has 0 aliphatic carbocycles. The van der Waals surface area contributed by atoms with Crippen LogP contribution < -0.4 is 5.32 Å². The quantitative estimate of drug-likeness (QED) is 0.862. The summed E-state index contributed by atoms with van der Waals surface area (Å²) in [6, 6.07) is 8.44. The van der Waals surface area contributed by atoms with Crippen molar-refractivity contribution in [2.45, 2.75) is 38.2 Å². The molecule has 0 saturated carbocycles. The Labute approximate surface area is 109 Å². The molecule has 100 valence electrons. The molecule has 1 aromatic rings. The number of hydrogen-bond donors (Lipinski definition) is 2. The van der Waals surface area contributed by atoms with Gasteiger partial charge in [-0.1, -0.05) is 26.0 Å². The molecule has 0 spiro atoms. The number of rotatable bonds is 4. The van der Waals surface area contributed by atoms with Crippen molar-refractivity contribution < 1.29 is 9.84 Å². The van der Waals surface area contributed by atoms with E-state index in [1.165, 1.54) is 5.56 Å². The van der Waals surface area contributed by atoms with E-state index in [0.29, 0.717) is 38.5 Å². The molecule has 0 bridgehead atoms. The number of hydrogen-bond acceptors (Lipinski definition) is 3. The molecule has 1 aliphatic rings. The molecule has 2 N–H and O–H groups in total. The fraction of sp³-hybridized carbons (Fsp3) is 0.600. The number of benzene rings is 1. The molecule has 0 atom stereocenters. The van der Waals surface area contributed by atoms with Gasteiger partial charge in [-0.25, -0.2) is 0 Å². The number of nitrogens with one attached hydrogen (secondary N) is 1. The minimum atomic E-state index is -0.616. The molecule has 3 nitrogen and oxygen atoms in total. The second-order valence-electron chi connectivity index (χ2n) is 5.47. The van der Waals surface area contributed by atoms with E-state index in [0.717, 1.165) is 5.69 Å². The van der Waals surface area contributed by atoms with E-state index in [2.05, 4.69) is 43.4 Å². The van der Waals surface area contributed by atoms with Crippen molar-refractivity contribution in [2.24, 2.45) is 0 Å². The highest BCUT2D eigenvalue weighted by Crippen LogP contribution is 2.22. The molecule has 0 unspecified atom stereocenters. The summed E-state index contributed by atoms with van der Waals surface area (Å²) in [5.41, 5.74) is 1.79. The van der Waals surface area contributed by atoms with Gasteiger partial charge in [0.2, 0.25) is 0 Å². The maximum Gasteiger partial charge on any atom is 0.0863 e. The second-order valence-corrected chi connectivity index (χ2v) is 5.47. The summed E-state index contributed by atoms with van der Waals surface area (Å²) in [5.74, 6) is 0.554. The fourth-order valence-corrected chi connectivity index (χ4v) is 2.18. The van der Waals surface area contributed by atoms with Crippen LogP contribution >= 0.6 is 0 Å². The molecule has 1 aromatic carbocycles. The van der Waals surface area contributed by atoms with Crippen LogP contribution in [0.15, 0.2) is 24.3 Å². The van der Waals surface area contributed by atoms with E-state index in [-0.39, 0.29) is 0 Å². The summed E-state index contributed by atoms with van der Waals surface area (Å²) in [5, 5.41) is 13.6. The van der Waals surface area contributed by atoms with Gasteiger partial charge in [-0.15, -0.1) is 0 Å². The lowest BCUT2D eigenvalue weighted by molar-refractivity contribution is -0.0543. The summed E-state index contributed by atoms with van der Waals surface area (Å²) in [7, 11) is 0. The van der Waals surface area contributed by atoms with Crippen LogP contribution in [0, 0.1) is 0 Å². The summed E-state index contributed by atoms with van der Waals surface area (Å²) < 4.78 is 5.27. The Morgan fingerprint density at radius 2 is 1.83 bits per heavy atom. The third kappa shape index (κ3) is 3.47. The van der Waals surface area contributed by atoms with Gasteiger partial charge in [-0.3, -0.25) is 0 Å². The first-order valence-electron chi connectivity index (χ1n) is 6.73. The van der Waals surface area contributed by atoms with Gasteiger partial charge in [0.15, 0.2) is 0 Å². The van der Waals surface area contributed by atoms with Crippen molar-refractivity contribution in [1.29, 1.82) is 0 Å². The van der Waals surface area contributed by atoms with Crippen molar-refractivity contribution in [3.8, 4) is 0 Å². The lowest BCUT2D eigenvalue weighted by Gasteiger charge is -2.32. The number of anilines is 1. The standard InChI is InChI=1S/C15H23NO2/c1-12(2)13-3-5-14(6-4-13)16-11-15(17)7-9-18-10-8-15/h3-6,12,16-17H,7-11H2,1-2H3. The van der Waals surface area contributed by atoms with Gasteiger partial charge in [-0.05, 0) is 23.6 Å². The molecule has 2 rings (SSSR count). The Kier molecular flexibility index (Phi) is 4.25. The minimum Gasteiger partial charge on any atom is -0.388 e. The van der Waals surface area contributed by atoms with Crippen LogP contribution in [0.3, 0.4) is 0 Å². The van der Waals surface area contributed by atoms with Gasteiger partial charge >= 0.3 is 0 Å². The van der Waals surface area contributed by atoms with E-state index >= 15 is 0 Å². The normalized spacial score (nSPS) is 18.9. The third-order valence-electron chi connectivity index (χ3n) is 3.62. The molecule has 0 aromatic heterocycles. The fourth-order valence-electron chi connectivity index (χ4n) is 2.18. The summed E-state index contributed by atoms with van der Waals surface area (Å²) in [6.45, 7) is 6.28. The Balaban J connectivity index is 1.89. The summed E-state index contributed by atoms with van der Waals surface area (Å²) in [4.78, 5) is 0. The van der Waals surface area contributed by atoms with E-state index < -0.39 is 5.60 Å². The number of aliphatic hydroxyl groups is 1. The summed E-state index contributed by atoms with van der Waals surface area (Å²) >= 11 is 0. The first-order valence-corrected chi connectivity index (χ1v) is 6.73. The molecule has 0 radical (unpaired) electrons. The van der Waals surface area contributed by atoms with Crippen LogP contribution in [0.1, 0.15) is 38.2 Å². The van der Waals surface area contributed by atoms with Gasteiger partial charge in [0.1, 0.15) is 0 Å². The van der Waals surface area contributed by atoms with E-state index in [9.17, 15) is 5.11 Å². The van der Waals surface area contributed by atoms with Gasteiger partial charge in [0.25, 0.3) is 0 Å². The zero-order valence-corrected chi connectivity index (χ0v) is 11.3. The SMILES string of the molecule is CC(C)c1ccc(NCC2(O)CCOCC2)cc1. The predicted molar refractivity (Wildman–Crippen MR) is 74.0 cm³/mol. The average Bonchev–Trinajstić information content (AvgIpc) is 2.38. The second kappa shape index (κ2) is 5.72. The van der Waals surface area contributed by atoms with Crippen LogP contribution in [-0.4, -0.2) is 30.5 Å². The van der Waals surface area contributed by atoms with Gasteiger partial charge < -0.3 is 15.2 Å². The Hall–Kier alpha value is -1.06. The zero-order valence-electron chi connectivity index (χ0n) is 11.3. The minimum absolute atomic E-state index is 0.554. The van der Waals surface area contributed by atoms with Crippen molar-refractivity contribution >= 4 is 5.69 Å². The number of ether oxygens (including phenoxy) is 1. The van der Waals surface area contributed by atoms with Crippen LogP contribution in [0.5, 0.6) is 0 Å². The Bertz CT molecular complexity index is 367. The van der Waals surface area contributed by atoms with Crippen LogP contribution in [0.2, 0.25) is 0 Å². The van der Waals surface area contributed by atoms with Gasteiger partial charge in [0, 0.05) is 38.3 Å². The van der Waals surface area contributed by atoms with Gasteiger partial charge in [-0.2, -0.15) is 0 Å². The van der Waals surface area contributed by atoms with E-state index in [1.54, 1.807) is 0 Å². The van der Waals surface area contributed by atoms with Crippen molar-refractivity contribution in [2.75, 3.05) is 25.1 Å². The van der Waals surface area contributed by atoms with E-state index in [1.807, 2.05) is 0 Å². The van der Waals surface area contributed by atoms with Crippen LogP contribution in [-0.2, 0) is 4.74 Å². The maximum atomic E-state index is 10.3. The molecule has 1 aliphatic heterocycles. The predicted octanol–water partition coefficient (Wildman–Crippen LogP) is 2.76. The molecular weight excluding hydrogens is 226 g/mol. The first kappa shape index (κ1) is 13.4. The monoisotopic (exact) mass is 249 g/mol. The molecule has 1 heterocycles. The van der Waals surface area contributed by atoms with Crippen LogP contribution in [0.25, 0.3) is 0 Å². The van der Waals surface area contributed by atoms with Crippen LogP contribution in [0.4, 0.5) is 5.69 Å². The van der Waals surface area contributed by atoms with Crippen molar-refractivity contribution in [3.05, 3.63) is 29.8 Å². The largest absolute Gasteiger partial charge is 0.388 e. The molecule has 0 amide bonds.